The van der Waals surface area contributed by atoms with Crippen molar-refractivity contribution in [2.24, 2.45) is 10.9 Å². The molecule has 1 N–H and O–H groups in total. The fourth-order valence-corrected chi connectivity index (χ4v) is 5.83. The number of aliphatic imine (C=N–C) groups is 1. The quantitative estimate of drug-likeness (QED) is 0.399. The third-order valence-electron chi connectivity index (χ3n) is 7.91. The van der Waals surface area contributed by atoms with Crippen LogP contribution in [0.3, 0.4) is 0 Å². The van der Waals surface area contributed by atoms with E-state index in [9.17, 15) is 13.2 Å². The number of likely N-dealkylation sites (tertiary alicyclic amines) is 1. The lowest BCUT2D eigenvalue weighted by Gasteiger charge is -2.37. The van der Waals surface area contributed by atoms with Crippen molar-refractivity contribution in [1.29, 1.82) is 0 Å². The molecule has 0 bridgehead atoms. The number of aryl methyl sites for hydroxylation is 1. The fourth-order valence-electron chi connectivity index (χ4n) is 5.83. The van der Waals surface area contributed by atoms with Crippen LogP contribution in [-0.2, 0) is 13.0 Å². The molecule has 0 spiro atoms. The van der Waals surface area contributed by atoms with E-state index in [1.54, 1.807) is 25.1 Å². The lowest BCUT2D eigenvalue weighted by atomic mass is 9.91. The van der Waals surface area contributed by atoms with Gasteiger partial charge in [-0.05, 0) is 92.6 Å². The van der Waals surface area contributed by atoms with E-state index in [1.165, 1.54) is 17.2 Å². The Bertz CT molecular complexity index is 1350. The number of hydrogen-bond donors (Lipinski definition) is 1. The molecule has 2 aromatic heterocycles. The van der Waals surface area contributed by atoms with Gasteiger partial charge >= 0.3 is 6.18 Å². The molecule has 0 aliphatic carbocycles. The van der Waals surface area contributed by atoms with Crippen molar-refractivity contribution in [2.75, 3.05) is 19.6 Å². The second-order valence-corrected chi connectivity index (χ2v) is 10.3. The number of aromatic nitrogens is 2. The van der Waals surface area contributed by atoms with Gasteiger partial charge in [-0.3, -0.25) is 4.99 Å². The molecular weight excluding hydrogens is 475 g/mol. The van der Waals surface area contributed by atoms with Crippen molar-refractivity contribution < 1.29 is 13.2 Å². The summed E-state index contributed by atoms with van der Waals surface area (Å²) in [5, 5.41) is 4.28. The van der Waals surface area contributed by atoms with Gasteiger partial charge in [-0.1, -0.05) is 13.5 Å². The molecule has 2 aliphatic heterocycles. The molecule has 0 amide bonds. The maximum absolute atomic E-state index is 13.5. The van der Waals surface area contributed by atoms with Crippen LogP contribution in [0.5, 0.6) is 0 Å². The number of benzene rings is 1. The molecule has 3 aromatic rings. The lowest BCUT2D eigenvalue weighted by Crippen LogP contribution is -2.45. The van der Waals surface area contributed by atoms with Crippen molar-refractivity contribution in [3.05, 3.63) is 65.5 Å². The summed E-state index contributed by atoms with van der Waals surface area (Å²) in [4.78, 5) is 11.5. The van der Waals surface area contributed by atoms with Crippen molar-refractivity contribution in [2.45, 2.75) is 58.8 Å². The Balaban J connectivity index is 1.52. The number of alkyl halides is 3. The summed E-state index contributed by atoms with van der Waals surface area (Å²) in [7, 11) is 0. The number of nitrogens with one attached hydrogen (secondary N) is 1. The zero-order chi connectivity index (χ0) is 26.3. The molecule has 2 fully saturated rings. The van der Waals surface area contributed by atoms with Crippen LogP contribution in [0.15, 0.2) is 48.1 Å². The highest BCUT2D eigenvalue weighted by Crippen LogP contribution is 2.34. The summed E-state index contributed by atoms with van der Waals surface area (Å²) in [6.45, 7) is 12.2. The average molecular weight is 510 g/mol. The molecule has 2 saturated heterocycles. The number of halogens is 3. The normalized spacial score (nSPS) is 20.5. The summed E-state index contributed by atoms with van der Waals surface area (Å²) in [6, 6.07) is 9.97. The maximum atomic E-state index is 13.5. The second kappa shape index (κ2) is 9.97. The number of pyridine rings is 1. The Kier molecular flexibility index (Phi) is 6.88. The SMILES string of the molecule is C=C(c1cc(CC)c(C)c(N=C(C)c2cc3cccnc3n2CC(F)(F)F)c1)N1CCC2CCNC2C1. The van der Waals surface area contributed by atoms with Crippen LogP contribution < -0.4 is 5.32 Å². The predicted octanol–water partition coefficient (Wildman–Crippen LogP) is 6.26. The van der Waals surface area contributed by atoms with Gasteiger partial charge < -0.3 is 14.8 Å². The van der Waals surface area contributed by atoms with Crippen LogP contribution in [0.4, 0.5) is 18.9 Å². The third-order valence-corrected chi connectivity index (χ3v) is 7.91. The summed E-state index contributed by atoms with van der Waals surface area (Å²) >= 11 is 0. The summed E-state index contributed by atoms with van der Waals surface area (Å²) in [5.41, 5.74) is 6.20. The highest BCUT2D eigenvalue weighted by atomic mass is 19.4. The van der Waals surface area contributed by atoms with Crippen LogP contribution in [0.1, 0.15) is 49.1 Å². The molecule has 196 valence electrons. The highest BCUT2D eigenvalue weighted by molar-refractivity contribution is 6.03. The molecule has 4 heterocycles. The minimum absolute atomic E-state index is 0.307. The van der Waals surface area contributed by atoms with E-state index < -0.39 is 12.7 Å². The van der Waals surface area contributed by atoms with Crippen molar-refractivity contribution in [3.8, 4) is 0 Å². The van der Waals surface area contributed by atoms with Crippen molar-refractivity contribution in [3.63, 3.8) is 0 Å². The smallest absolute Gasteiger partial charge is 0.370 e. The van der Waals surface area contributed by atoms with Gasteiger partial charge in [0.2, 0.25) is 0 Å². The largest absolute Gasteiger partial charge is 0.406 e. The molecule has 0 saturated carbocycles. The average Bonchev–Trinajstić information content (AvgIpc) is 3.48. The monoisotopic (exact) mass is 509 g/mol. The van der Waals surface area contributed by atoms with E-state index in [4.69, 9.17) is 4.99 Å². The zero-order valence-electron chi connectivity index (χ0n) is 21.7. The zero-order valence-corrected chi connectivity index (χ0v) is 21.7. The summed E-state index contributed by atoms with van der Waals surface area (Å²) in [5.74, 6) is 0.744. The first kappa shape index (κ1) is 25.5. The van der Waals surface area contributed by atoms with Crippen LogP contribution in [-0.4, -0.2) is 52.0 Å². The van der Waals surface area contributed by atoms with Gasteiger partial charge in [0.25, 0.3) is 0 Å². The van der Waals surface area contributed by atoms with Crippen molar-refractivity contribution in [1.82, 2.24) is 19.8 Å². The Morgan fingerprint density at radius 2 is 2.05 bits per heavy atom. The van der Waals surface area contributed by atoms with Gasteiger partial charge in [0.05, 0.1) is 17.1 Å². The number of nitrogens with zero attached hydrogens (tertiary/aromatic N) is 4. The number of rotatable bonds is 6. The first-order valence-corrected chi connectivity index (χ1v) is 13.0. The minimum atomic E-state index is -4.37. The van der Waals surface area contributed by atoms with Gasteiger partial charge in [0, 0.05) is 36.4 Å². The van der Waals surface area contributed by atoms with Crippen LogP contribution >= 0.6 is 0 Å². The van der Waals surface area contributed by atoms with Gasteiger partial charge in [0.15, 0.2) is 0 Å². The molecule has 1 aromatic carbocycles. The predicted molar refractivity (Wildman–Crippen MR) is 143 cm³/mol. The highest BCUT2D eigenvalue weighted by Gasteiger charge is 2.33. The molecular formula is C29H34F3N5. The van der Waals surface area contributed by atoms with Gasteiger partial charge in [-0.15, -0.1) is 0 Å². The lowest BCUT2D eigenvalue weighted by molar-refractivity contribution is -0.140. The fraction of sp³-hybridized carbons (Fsp3) is 0.448. The van der Waals surface area contributed by atoms with Gasteiger partial charge in [-0.25, -0.2) is 4.98 Å². The van der Waals surface area contributed by atoms with Gasteiger partial charge in [0.1, 0.15) is 12.2 Å². The topological polar surface area (TPSA) is 45.5 Å². The molecule has 2 atom stereocenters. The minimum Gasteiger partial charge on any atom is -0.370 e. The first-order chi connectivity index (χ1) is 17.6. The number of fused-ring (bicyclic) bond motifs is 2. The van der Waals surface area contributed by atoms with E-state index in [1.807, 2.05) is 13.0 Å². The van der Waals surface area contributed by atoms with Crippen LogP contribution in [0.25, 0.3) is 16.7 Å². The molecule has 5 rings (SSSR count). The molecule has 37 heavy (non-hydrogen) atoms. The van der Waals surface area contributed by atoms with E-state index in [0.29, 0.717) is 28.5 Å². The van der Waals surface area contributed by atoms with Crippen LogP contribution in [0.2, 0.25) is 0 Å². The Labute approximate surface area is 216 Å². The Hall–Kier alpha value is -3.13. The maximum Gasteiger partial charge on any atom is 0.406 e. The van der Waals surface area contributed by atoms with Crippen LogP contribution in [0, 0.1) is 12.8 Å². The van der Waals surface area contributed by atoms with E-state index in [2.05, 4.69) is 34.8 Å². The van der Waals surface area contributed by atoms with E-state index >= 15 is 0 Å². The van der Waals surface area contributed by atoms with E-state index in [0.717, 1.165) is 66.5 Å². The van der Waals surface area contributed by atoms with E-state index in [-0.39, 0.29) is 0 Å². The third kappa shape index (κ3) is 5.17. The second-order valence-electron chi connectivity index (χ2n) is 10.3. The van der Waals surface area contributed by atoms with Gasteiger partial charge in [-0.2, -0.15) is 13.2 Å². The number of hydrogen-bond acceptors (Lipinski definition) is 4. The molecule has 8 heteroatoms. The molecule has 2 unspecified atom stereocenters. The summed E-state index contributed by atoms with van der Waals surface area (Å²) in [6.07, 6.45) is 0.379. The van der Waals surface area contributed by atoms with Crippen molar-refractivity contribution >= 4 is 28.1 Å². The summed E-state index contributed by atoms with van der Waals surface area (Å²) < 4.78 is 41.6. The molecule has 0 radical (unpaired) electrons. The molecule has 2 aliphatic rings. The Morgan fingerprint density at radius 3 is 2.81 bits per heavy atom. The molecule has 5 nitrogen and oxygen atoms in total. The standard InChI is InChI=1S/C29H34F3N5/c1-5-21-13-24(20(4)36-12-9-22-8-11-33-26(22)16-36)14-25(18(21)2)35-19(3)27-15-23-7-6-10-34-28(23)37(27)17-29(30,31)32/h6-7,10,13-15,22,26,33H,4-5,8-9,11-12,16-17H2,1-3H3. The first-order valence-electron chi connectivity index (χ1n) is 13.0. The Morgan fingerprint density at radius 1 is 1.24 bits per heavy atom. The number of piperidine rings is 1.